The summed E-state index contributed by atoms with van der Waals surface area (Å²) in [5.41, 5.74) is 1.81. The van der Waals surface area contributed by atoms with Gasteiger partial charge in [0.05, 0.1) is 0 Å². The lowest BCUT2D eigenvalue weighted by atomic mass is 10.2. The summed E-state index contributed by atoms with van der Waals surface area (Å²) in [6.45, 7) is 1.96. The smallest absolute Gasteiger partial charge is 0.228 e. The highest BCUT2D eigenvalue weighted by atomic mass is 79.9. The standard InChI is InChI=1S/C8H7BrO/c1-6-3-2-4-7(5-6)8(9)10/h2-5H,1H3. The number of hydrogen-bond acceptors (Lipinski definition) is 1. The fourth-order valence-corrected chi connectivity index (χ4v) is 1.01. The van der Waals surface area contributed by atoms with Crippen molar-refractivity contribution in [2.45, 2.75) is 6.92 Å². The van der Waals surface area contributed by atoms with Crippen LogP contribution in [0, 0.1) is 6.92 Å². The summed E-state index contributed by atoms with van der Waals surface area (Å²) in [5, 5.41) is 0. The van der Waals surface area contributed by atoms with Crippen LogP contribution in [0.15, 0.2) is 24.3 Å². The van der Waals surface area contributed by atoms with Crippen LogP contribution in [-0.4, -0.2) is 4.69 Å². The minimum Gasteiger partial charge on any atom is -0.281 e. The van der Waals surface area contributed by atoms with Crippen LogP contribution in [0.2, 0.25) is 0 Å². The lowest BCUT2D eigenvalue weighted by Gasteiger charge is -1.93. The summed E-state index contributed by atoms with van der Waals surface area (Å²) in [6.07, 6.45) is 0. The topological polar surface area (TPSA) is 17.1 Å². The Kier molecular flexibility index (Phi) is 2.22. The summed E-state index contributed by atoms with van der Waals surface area (Å²) in [4.78, 5) is 10.7. The molecule has 0 atom stereocenters. The molecule has 0 saturated carbocycles. The third-order valence-electron chi connectivity index (χ3n) is 1.25. The van der Waals surface area contributed by atoms with Crippen molar-refractivity contribution < 1.29 is 4.79 Å². The first kappa shape index (κ1) is 7.48. The first-order chi connectivity index (χ1) is 4.70. The molecule has 0 aromatic heterocycles. The summed E-state index contributed by atoms with van der Waals surface area (Å²) in [6, 6.07) is 7.45. The molecule has 1 aromatic rings. The molecule has 0 fully saturated rings. The Hall–Kier alpha value is -0.630. The molecule has 0 unspecified atom stereocenters. The van der Waals surface area contributed by atoms with Crippen LogP contribution in [0.5, 0.6) is 0 Å². The predicted molar refractivity (Wildman–Crippen MR) is 44.4 cm³/mol. The van der Waals surface area contributed by atoms with Crippen LogP contribution in [0.1, 0.15) is 15.9 Å². The molecule has 0 aliphatic rings. The quantitative estimate of drug-likeness (QED) is 0.635. The largest absolute Gasteiger partial charge is 0.281 e. The maximum atomic E-state index is 10.7. The SMILES string of the molecule is Cc1cccc(C(=O)Br)c1. The molecule has 1 rings (SSSR count). The number of hydrogen-bond donors (Lipinski definition) is 0. The summed E-state index contributed by atoms with van der Waals surface area (Å²) >= 11 is 2.88. The minimum absolute atomic E-state index is 0.0591. The Morgan fingerprint density at radius 3 is 2.60 bits per heavy atom. The van der Waals surface area contributed by atoms with Crippen molar-refractivity contribution in [3.63, 3.8) is 0 Å². The van der Waals surface area contributed by atoms with Gasteiger partial charge in [-0.05, 0) is 28.9 Å². The average Bonchev–Trinajstić information content (AvgIpc) is 1.88. The molecule has 1 aromatic carbocycles. The summed E-state index contributed by atoms with van der Waals surface area (Å²) < 4.78 is -0.0591. The number of rotatable bonds is 1. The highest BCUT2D eigenvalue weighted by Crippen LogP contribution is 2.07. The average molecular weight is 199 g/mol. The third-order valence-corrected chi connectivity index (χ3v) is 1.70. The summed E-state index contributed by atoms with van der Waals surface area (Å²) in [7, 11) is 0. The maximum absolute atomic E-state index is 10.7. The Morgan fingerprint density at radius 1 is 1.50 bits per heavy atom. The van der Waals surface area contributed by atoms with Gasteiger partial charge in [0.15, 0.2) is 0 Å². The van der Waals surface area contributed by atoms with Crippen molar-refractivity contribution in [1.82, 2.24) is 0 Å². The van der Waals surface area contributed by atoms with E-state index in [1.165, 1.54) is 0 Å². The fraction of sp³-hybridized carbons (Fsp3) is 0.125. The number of carbonyl (C=O) groups is 1. The molecule has 0 spiro atoms. The lowest BCUT2D eigenvalue weighted by molar-refractivity contribution is 0.109. The molecule has 0 heterocycles. The van der Waals surface area contributed by atoms with E-state index in [0.717, 1.165) is 5.56 Å². The Morgan fingerprint density at radius 2 is 2.20 bits per heavy atom. The van der Waals surface area contributed by atoms with E-state index in [1.807, 2.05) is 25.1 Å². The predicted octanol–water partition coefficient (Wildman–Crippen LogP) is 2.53. The molecule has 0 saturated heterocycles. The second kappa shape index (κ2) is 2.97. The van der Waals surface area contributed by atoms with Gasteiger partial charge in [0.2, 0.25) is 4.69 Å². The Balaban J connectivity index is 3.07. The zero-order valence-corrected chi connectivity index (χ0v) is 7.18. The second-order valence-corrected chi connectivity index (χ2v) is 2.86. The van der Waals surface area contributed by atoms with Crippen molar-refractivity contribution in [2.24, 2.45) is 0 Å². The second-order valence-electron chi connectivity index (χ2n) is 2.14. The first-order valence-electron chi connectivity index (χ1n) is 2.96. The molecule has 0 aliphatic heterocycles. The van der Waals surface area contributed by atoms with Gasteiger partial charge in [-0.1, -0.05) is 23.8 Å². The van der Waals surface area contributed by atoms with E-state index in [-0.39, 0.29) is 4.69 Å². The van der Waals surface area contributed by atoms with Crippen LogP contribution in [0.4, 0.5) is 0 Å². The maximum Gasteiger partial charge on any atom is 0.228 e. The van der Waals surface area contributed by atoms with Gasteiger partial charge >= 0.3 is 0 Å². The van der Waals surface area contributed by atoms with Gasteiger partial charge in [0.25, 0.3) is 0 Å². The van der Waals surface area contributed by atoms with Gasteiger partial charge in [-0.3, -0.25) is 4.79 Å². The minimum atomic E-state index is -0.0591. The molecule has 52 valence electrons. The van der Waals surface area contributed by atoms with E-state index in [2.05, 4.69) is 15.9 Å². The summed E-state index contributed by atoms with van der Waals surface area (Å²) in [5.74, 6) is 0. The van der Waals surface area contributed by atoms with Crippen molar-refractivity contribution in [3.05, 3.63) is 35.4 Å². The number of halogens is 1. The Labute approximate surface area is 68.2 Å². The zero-order chi connectivity index (χ0) is 7.56. The highest BCUT2D eigenvalue weighted by molar-refractivity contribution is 9.18. The van der Waals surface area contributed by atoms with E-state index >= 15 is 0 Å². The number of aryl methyl sites for hydroxylation is 1. The van der Waals surface area contributed by atoms with E-state index in [9.17, 15) is 4.79 Å². The van der Waals surface area contributed by atoms with Crippen molar-refractivity contribution >= 4 is 20.6 Å². The molecule has 0 bridgehead atoms. The highest BCUT2D eigenvalue weighted by Gasteiger charge is 1.97. The van der Waals surface area contributed by atoms with Crippen molar-refractivity contribution in [2.75, 3.05) is 0 Å². The molecule has 1 nitrogen and oxygen atoms in total. The number of carbonyl (C=O) groups excluding carboxylic acids is 1. The molecule has 0 amide bonds. The zero-order valence-electron chi connectivity index (χ0n) is 5.60. The van der Waals surface area contributed by atoms with Crippen LogP contribution in [0.3, 0.4) is 0 Å². The van der Waals surface area contributed by atoms with E-state index in [0.29, 0.717) is 5.56 Å². The molecule has 0 N–H and O–H groups in total. The lowest BCUT2D eigenvalue weighted by Crippen LogP contribution is -1.86. The third kappa shape index (κ3) is 1.67. The van der Waals surface area contributed by atoms with E-state index in [1.54, 1.807) is 6.07 Å². The van der Waals surface area contributed by atoms with Crippen molar-refractivity contribution in [1.29, 1.82) is 0 Å². The molecule has 0 radical (unpaired) electrons. The van der Waals surface area contributed by atoms with Crippen molar-refractivity contribution in [3.8, 4) is 0 Å². The van der Waals surface area contributed by atoms with E-state index in [4.69, 9.17) is 0 Å². The normalized spacial score (nSPS) is 9.40. The monoisotopic (exact) mass is 198 g/mol. The van der Waals surface area contributed by atoms with Gasteiger partial charge in [-0.25, -0.2) is 0 Å². The van der Waals surface area contributed by atoms with Crippen LogP contribution >= 0.6 is 15.9 Å². The van der Waals surface area contributed by atoms with Gasteiger partial charge in [0, 0.05) is 5.56 Å². The molecular formula is C8H7BrO. The van der Waals surface area contributed by atoms with E-state index < -0.39 is 0 Å². The van der Waals surface area contributed by atoms with Gasteiger partial charge in [-0.2, -0.15) is 0 Å². The van der Waals surface area contributed by atoms with Gasteiger partial charge in [-0.15, -0.1) is 0 Å². The van der Waals surface area contributed by atoms with Gasteiger partial charge < -0.3 is 0 Å². The molecule has 10 heavy (non-hydrogen) atoms. The molecule has 0 aliphatic carbocycles. The molecule has 2 heteroatoms. The number of benzene rings is 1. The molecular weight excluding hydrogens is 192 g/mol. The van der Waals surface area contributed by atoms with Crippen LogP contribution < -0.4 is 0 Å². The van der Waals surface area contributed by atoms with Crippen LogP contribution in [-0.2, 0) is 0 Å². The Bertz CT molecular complexity index is 255. The first-order valence-corrected chi connectivity index (χ1v) is 3.76. The van der Waals surface area contributed by atoms with Crippen LogP contribution in [0.25, 0.3) is 0 Å². The van der Waals surface area contributed by atoms with Gasteiger partial charge in [0.1, 0.15) is 0 Å². The fourth-order valence-electron chi connectivity index (χ4n) is 0.767.